The van der Waals surface area contributed by atoms with Gasteiger partial charge in [-0.25, -0.2) is 8.42 Å². The molecule has 0 radical (unpaired) electrons. The SMILES string of the molecule is COc1cc(-c2cncc(CS(=O)(=O)C3CC3)c2)ccc1C#N. The maximum absolute atomic E-state index is 12.1. The Hall–Kier alpha value is -2.39. The van der Waals surface area contributed by atoms with Gasteiger partial charge in [0.25, 0.3) is 0 Å². The first-order valence-electron chi connectivity index (χ1n) is 7.27. The summed E-state index contributed by atoms with van der Waals surface area (Å²) >= 11 is 0. The smallest absolute Gasteiger partial charge is 0.157 e. The van der Waals surface area contributed by atoms with E-state index in [2.05, 4.69) is 11.1 Å². The number of ether oxygens (including phenoxy) is 1. The molecular weight excluding hydrogens is 312 g/mol. The molecule has 1 fully saturated rings. The van der Waals surface area contributed by atoms with Gasteiger partial charge < -0.3 is 4.74 Å². The van der Waals surface area contributed by atoms with Crippen LogP contribution in [0.1, 0.15) is 24.0 Å². The van der Waals surface area contributed by atoms with Gasteiger partial charge in [0.1, 0.15) is 11.8 Å². The molecule has 1 aliphatic carbocycles. The predicted molar refractivity (Wildman–Crippen MR) is 86.6 cm³/mol. The zero-order chi connectivity index (χ0) is 16.4. The van der Waals surface area contributed by atoms with Gasteiger partial charge in [0, 0.05) is 18.0 Å². The fourth-order valence-corrected chi connectivity index (χ4v) is 4.18. The average Bonchev–Trinajstić information content (AvgIpc) is 3.39. The van der Waals surface area contributed by atoms with Crippen molar-refractivity contribution in [3.05, 3.63) is 47.8 Å². The maximum Gasteiger partial charge on any atom is 0.157 e. The highest BCUT2D eigenvalue weighted by atomic mass is 32.2. The van der Waals surface area contributed by atoms with Gasteiger partial charge in [-0.2, -0.15) is 5.26 Å². The van der Waals surface area contributed by atoms with E-state index in [4.69, 9.17) is 10.00 Å². The Morgan fingerprint density at radius 2 is 2.04 bits per heavy atom. The summed E-state index contributed by atoms with van der Waals surface area (Å²) < 4.78 is 29.4. The molecule has 0 atom stereocenters. The molecule has 118 valence electrons. The average molecular weight is 328 g/mol. The predicted octanol–water partition coefficient (Wildman–Crippen LogP) is 2.71. The van der Waals surface area contributed by atoms with Gasteiger partial charge in [0.05, 0.1) is 23.7 Å². The molecule has 1 heterocycles. The minimum Gasteiger partial charge on any atom is -0.495 e. The topological polar surface area (TPSA) is 80.0 Å². The lowest BCUT2D eigenvalue weighted by molar-refractivity contribution is 0.413. The van der Waals surface area contributed by atoms with Crippen LogP contribution >= 0.6 is 0 Å². The first-order valence-corrected chi connectivity index (χ1v) is 8.99. The Morgan fingerprint density at radius 1 is 1.26 bits per heavy atom. The molecule has 23 heavy (non-hydrogen) atoms. The van der Waals surface area contributed by atoms with Crippen molar-refractivity contribution in [3.8, 4) is 22.9 Å². The standard InChI is InChI=1S/C17H16N2O3S/c1-22-17-7-13(2-3-14(17)8-18)15-6-12(9-19-10-15)11-23(20,21)16-4-5-16/h2-3,6-7,9-10,16H,4-5,11H2,1H3. The summed E-state index contributed by atoms with van der Waals surface area (Å²) in [4.78, 5) is 4.15. The van der Waals surface area contributed by atoms with Crippen molar-refractivity contribution in [2.45, 2.75) is 23.8 Å². The van der Waals surface area contributed by atoms with Crippen molar-refractivity contribution in [1.82, 2.24) is 4.98 Å². The molecule has 1 saturated carbocycles. The van der Waals surface area contributed by atoms with Crippen molar-refractivity contribution in [1.29, 1.82) is 5.26 Å². The molecule has 6 heteroatoms. The molecule has 0 spiro atoms. The summed E-state index contributed by atoms with van der Waals surface area (Å²) in [5.74, 6) is 0.507. The van der Waals surface area contributed by atoms with Crippen LogP contribution in [0.4, 0.5) is 0 Å². The molecule has 0 unspecified atom stereocenters. The molecule has 2 aromatic rings. The summed E-state index contributed by atoms with van der Waals surface area (Å²) in [6.45, 7) is 0. The first kappa shape index (κ1) is 15.5. The van der Waals surface area contributed by atoms with Crippen molar-refractivity contribution in [3.63, 3.8) is 0 Å². The summed E-state index contributed by atoms with van der Waals surface area (Å²) in [6.07, 6.45) is 4.79. The Morgan fingerprint density at radius 3 is 2.70 bits per heavy atom. The lowest BCUT2D eigenvalue weighted by Gasteiger charge is -2.08. The number of nitrogens with zero attached hydrogens (tertiary/aromatic N) is 2. The van der Waals surface area contributed by atoms with E-state index in [0.29, 0.717) is 16.9 Å². The second kappa shape index (κ2) is 6.01. The molecule has 1 aliphatic rings. The van der Waals surface area contributed by atoms with Crippen LogP contribution < -0.4 is 4.74 Å². The van der Waals surface area contributed by atoms with E-state index >= 15 is 0 Å². The molecule has 0 saturated heterocycles. The van der Waals surface area contributed by atoms with Crippen LogP contribution in [0.2, 0.25) is 0 Å². The molecule has 1 aromatic heterocycles. The third-order valence-electron chi connectivity index (χ3n) is 3.85. The molecule has 0 bridgehead atoms. The largest absolute Gasteiger partial charge is 0.495 e. The van der Waals surface area contributed by atoms with Crippen LogP contribution in [-0.4, -0.2) is 25.8 Å². The molecule has 0 amide bonds. The highest BCUT2D eigenvalue weighted by Gasteiger charge is 2.35. The van der Waals surface area contributed by atoms with Gasteiger partial charge in [-0.1, -0.05) is 6.07 Å². The van der Waals surface area contributed by atoms with E-state index in [0.717, 1.165) is 24.0 Å². The summed E-state index contributed by atoms with van der Waals surface area (Å²) in [6, 6.07) is 9.14. The number of rotatable bonds is 5. The lowest BCUT2D eigenvalue weighted by atomic mass is 10.0. The second-order valence-corrected chi connectivity index (χ2v) is 7.90. The number of sulfone groups is 1. The van der Waals surface area contributed by atoms with Gasteiger partial charge in [-0.3, -0.25) is 4.98 Å². The summed E-state index contributed by atoms with van der Waals surface area (Å²) in [7, 11) is -1.56. The second-order valence-electron chi connectivity index (χ2n) is 5.62. The molecule has 1 aromatic carbocycles. The van der Waals surface area contributed by atoms with Crippen LogP contribution in [0.5, 0.6) is 5.75 Å². The first-order chi connectivity index (χ1) is 11.0. The van der Waals surface area contributed by atoms with Crippen molar-refractivity contribution in [2.24, 2.45) is 0 Å². The van der Waals surface area contributed by atoms with Crippen LogP contribution in [-0.2, 0) is 15.6 Å². The quantitative estimate of drug-likeness (QED) is 0.843. The van der Waals surface area contributed by atoms with E-state index in [1.807, 2.05) is 6.07 Å². The zero-order valence-electron chi connectivity index (χ0n) is 12.7. The minimum absolute atomic E-state index is 0.0198. The van der Waals surface area contributed by atoms with Gasteiger partial charge in [-0.05, 0) is 42.2 Å². The highest BCUT2D eigenvalue weighted by molar-refractivity contribution is 7.91. The third kappa shape index (κ3) is 3.35. The van der Waals surface area contributed by atoms with Crippen molar-refractivity contribution < 1.29 is 13.2 Å². The fourth-order valence-electron chi connectivity index (χ4n) is 2.46. The minimum atomic E-state index is -3.07. The number of benzene rings is 1. The highest BCUT2D eigenvalue weighted by Crippen LogP contribution is 2.32. The Kier molecular flexibility index (Phi) is 4.05. The molecule has 0 N–H and O–H groups in total. The van der Waals surface area contributed by atoms with E-state index in [-0.39, 0.29) is 11.0 Å². The third-order valence-corrected chi connectivity index (χ3v) is 6.07. The lowest BCUT2D eigenvalue weighted by Crippen LogP contribution is -2.09. The number of aromatic nitrogens is 1. The van der Waals surface area contributed by atoms with E-state index < -0.39 is 9.84 Å². The summed E-state index contributed by atoms with van der Waals surface area (Å²) in [5, 5.41) is 8.85. The van der Waals surface area contributed by atoms with E-state index in [1.54, 1.807) is 30.6 Å². The van der Waals surface area contributed by atoms with Gasteiger partial charge >= 0.3 is 0 Å². The Balaban J connectivity index is 1.92. The van der Waals surface area contributed by atoms with E-state index in [9.17, 15) is 8.42 Å². The van der Waals surface area contributed by atoms with E-state index in [1.165, 1.54) is 7.11 Å². The number of pyridine rings is 1. The van der Waals surface area contributed by atoms with Crippen LogP contribution in [0.25, 0.3) is 11.1 Å². The number of hydrogen-bond donors (Lipinski definition) is 0. The van der Waals surface area contributed by atoms with Crippen molar-refractivity contribution in [2.75, 3.05) is 7.11 Å². The molecule has 5 nitrogen and oxygen atoms in total. The molecule has 0 aliphatic heterocycles. The van der Waals surface area contributed by atoms with Gasteiger partial charge in [0.15, 0.2) is 9.84 Å². The number of hydrogen-bond acceptors (Lipinski definition) is 5. The normalized spacial score (nSPS) is 14.3. The Bertz CT molecular complexity index is 881. The number of methoxy groups -OCH3 is 1. The maximum atomic E-state index is 12.1. The summed E-state index contributed by atoms with van der Waals surface area (Å²) in [5.41, 5.74) is 2.77. The Labute approximate surface area is 135 Å². The monoisotopic (exact) mass is 328 g/mol. The molecular formula is C17H16N2O3S. The van der Waals surface area contributed by atoms with Gasteiger partial charge in [-0.15, -0.1) is 0 Å². The van der Waals surface area contributed by atoms with Crippen LogP contribution in [0, 0.1) is 11.3 Å². The fraction of sp³-hybridized carbons (Fsp3) is 0.294. The zero-order valence-corrected chi connectivity index (χ0v) is 13.5. The molecule has 3 rings (SSSR count). The van der Waals surface area contributed by atoms with Crippen LogP contribution in [0.15, 0.2) is 36.7 Å². The van der Waals surface area contributed by atoms with Crippen LogP contribution in [0.3, 0.4) is 0 Å². The van der Waals surface area contributed by atoms with Gasteiger partial charge in [0.2, 0.25) is 0 Å². The number of nitriles is 1. The van der Waals surface area contributed by atoms with Crippen molar-refractivity contribution >= 4 is 9.84 Å².